The molecule has 2 atom stereocenters. The molecule has 1 aromatic rings. The van der Waals surface area contributed by atoms with E-state index in [4.69, 9.17) is 5.11 Å². The molecule has 1 aromatic carbocycles. The van der Waals surface area contributed by atoms with Crippen molar-refractivity contribution < 1.29 is 9.90 Å². The average molecular weight is 251 g/mol. The molecular weight excluding hydrogens is 234 g/mol. The zero-order chi connectivity index (χ0) is 12.4. The molecule has 1 saturated heterocycles. The van der Waals surface area contributed by atoms with E-state index in [0.29, 0.717) is 6.54 Å². The molecule has 3 nitrogen and oxygen atoms in total. The summed E-state index contributed by atoms with van der Waals surface area (Å²) in [5, 5.41) is 9.09. The number of aryl methyl sites for hydroxylation is 1. The third-order valence-electron chi connectivity index (χ3n) is 3.04. The van der Waals surface area contributed by atoms with E-state index in [1.807, 2.05) is 19.1 Å². The summed E-state index contributed by atoms with van der Waals surface area (Å²) in [5.74, 6) is 0.123. The van der Waals surface area contributed by atoms with Crippen LogP contribution in [-0.4, -0.2) is 34.3 Å². The Morgan fingerprint density at radius 3 is 2.76 bits per heavy atom. The Bertz CT molecular complexity index is 422. The quantitative estimate of drug-likeness (QED) is 0.892. The van der Waals surface area contributed by atoms with Crippen molar-refractivity contribution in [3.63, 3.8) is 0 Å². The van der Waals surface area contributed by atoms with E-state index in [9.17, 15) is 4.79 Å². The molecule has 1 amide bonds. The topological polar surface area (TPSA) is 40.5 Å². The molecule has 17 heavy (non-hydrogen) atoms. The largest absolute Gasteiger partial charge is 0.395 e. The molecule has 1 aliphatic rings. The van der Waals surface area contributed by atoms with Crippen molar-refractivity contribution in [3.05, 3.63) is 35.4 Å². The number of carbonyl (C=O) groups excluding carboxylic acids is 1. The van der Waals surface area contributed by atoms with Gasteiger partial charge in [0.2, 0.25) is 5.91 Å². The number of amides is 1. The molecule has 0 saturated carbocycles. The maximum atomic E-state index is 12.0. The SMILES string of the molecule is Cc1ccccc1[C@H]1S[C@@H](C)C(=O)N1CCO. The predicted molar refractivity (Wildman–Crippen MR) is 69.8 cm³/mol. The molecule has 0 unspecified atom stereocenters. The van der Waals surface area contributed by atoms with Gasteiger partial charge in [0.1, 0.15) is 5.37 Å². The fourth-order valence-electron chi connectivity index (χ4n) is 2.11. The van der Waals surface area contributed by atoms with Crippen LogP contribution in [-0.2, 0) is 4.79 Å². The highest BCUT2D eigenvalue weighted by Gasteiger charge is 2.38. The number of aliphatic hydroxyl groups excluding tert-OH is 1. The van der Waals surface area contributed by atoms with Gasteiger partial charge >= 0.3 is 0 Å². The van der Waals surface area contributed by atoms with Crippen molar-refractivity contribution in [3.8, 4) is 0 Å². The molecule has 0 spiro atoms. The van der Waals surface area contributed by atoms with E-state index in [1.165, 1.54) is 11.1 Å². The summed E-state index contributed by atoms with van der Waals surface area (Å²) in [6.07, 6.45) is 0. The Kier molecular flexibility index (Phi) is 3.74. The van der Waals surface area contributed by atoms with Crippen LogP contribution in [0.4, 0.5) is 0 Å². The summed E-state index contributed by atoms with van der Waals surface area (Å²) < 4.78 is 0. The number of thioether (sulfide) groups is 1. The Balaban J connectivity index is 2.31. The number of carbonyl (C=O) groups is 1. The van der Waals surface area contributed by atoms with E-state index >= 15 is 0 Å². The van der Waals surface area contributed by atoms with Crippen molar-refractivity contribution in [1.29, 1.82) is 0 Å². The number of hydrogen-bond donors (Lipinski definition) is 1. The molecule has 0 aliphatic carbocycles. The van der Waals surface area contributed by atoms with Gasteiger partial charge < -0.3 is 10.0 Å². The number of hydrogen-bond acceptors (Lipinski definition) is 3. The van der Waals surface area contributed by atoms with Crippen molar-refractivity contribution in [2.75, 3.05) is 13.2 Å². The van der Waals surface area contributed by atoms with Gasteiger partial charge in [-0.3, -0.25) is 4.79 Å². The van der Waals surface area contributed by atoms with Gasteiger partial charge in [0.15, 0.2) is 0 Å². The molecule has 4 heteroatoms. The molecule has 1 heterocycles. The van der Waals surface area contributed by atoms with Crippen molar-refractivity contribution in [2.45, 2.75) is 24.5 Å². The van der Waals surface area contributed by atoms with Crippen LogP contribution in [0.15, 0.2) is 24.3 Å². The van der Waals surface area contributed by atoms with Gasteiger partial charge in [0.05, 0.1) is 11.9 Å². The third kappa shape index (κ3) is 2.33. The lowest BCUT2D eigenvalue weighted by Gasteiger charge is -2.24. The van der Waals surface area contributed by atoms with E-state index in [0.717, 1.165) is 0 Å². The average Bonchev–Trinajstić information content (AvgIpc) is 2.58. The van der Waals surface area contributed by atoms with E-state index < -0.39 is 0 Å². The number of β-amino-alcohol motifs (C(OH)–C–C–N with tert-alkyl or cyclic N) is 1. The number of benzene rings is 1. The van der Waals surface area contributed by atoms with Crippen LogP contribution < -0.4 is 0 Å². The lowest BCUT2D eigenvalue weighted by molar-refractivity contribution is -0.130. The summed E-state index contributed by atoms with van der Waals surface area (Å²) in [6.45, 7) is 4.41. The lowest BCUT2D eigenvalue weighted by atomic mass is 10.1. The van der Waals surface area contributed by atoms with Gasteiger partial charge in [-0.2, -0.15) is 0 Å². The van der Waals surface area contributed by atoms with Crippen LogP contribution >= 0.6 is 11.8 Å². The zero-order valence-electron chi connectivity index (χ0n) is 10.1. The smallest absolute Gasteiger partial charge is 0.236 e. The third-order valence-corrected chi connectivity index (χ3v) is 4.42. The molecule has 1 aliphatic heterocycles. The van der Waals surface area contributed by atoms with Crippen LogP contribution in [0.1, 0.15) is 23.4 Å². The van der Waals surface area contributed by atoms with Crippen molar-refractivity contribution in [1.82, 2.24) is 4.90 Å². The van der Waals surface area contributed by atoms with Gasteiger partial charge in [-0.1, -0.05) is 24.3 Å². The highest BCUT2D eigenvalue weighted by Crippen LogP contribution is 2.43. The van der Waals surface area contributed by atoms with Crippen LogP contribution in [0, 0.1) is 6.92 Å². The first-order valence-electron chi connectivity index (χ1n) is 5.77. The van der Waals surface area contributed by atoms with Crippen LogP contribution in [0.3, 0.4) is 0 Å². The van der Waals surface area contributed by atoms with Crippen LogP contribution in [0.5, 0.6) is 0 Å². The zero-order valence-corrected chi connectivity index (χ0v) is 10.9. The fraction of sp³-hybridized carbons (Fsp3) is 0.462. The molecule has 0 bridgehead atoms. The predicted octanol–water partition coefficient (Wildman–Crippen LogP) is 1.95. The number of rotatable bonds is 3. The summed E-state index contributed by atoms with van der Waals surface area (Å²) >= 11 is 1.65. The molecule has 1 N–H and O–H groups in total. The summed E-state index contributed by atoms with van der Waals surface area (Å²) in [4.78, 5) is 13.8. The van der Waals surface area contributed by atoms with Gasteiger partial charge in [0, 0.05) is 6.54 Å². The monoisotopic (exact) mass is 251 g/mol. The summed E-state index contributed by atoms with van der Waals surface area (Å²) in [5.41, 5.74) is 2.36. The Hall–Kier alpha value is -1.00. The maximum Gasteiger partial charge on any atom is 0.236 e. The molecule has 2 rings (SSSR count). The van der Waals surface area contributed by atoms with E-state index in [1.54, 1.807) is 16.7 Å². The first-order chi connectivity index (χ1) is 8.15. The Labute approximate surface area is 106 Å². The maximum absolute atomic E-state index is 12.0. The minimum Gasteiger partial charge on any atom is -0.395 e. The molecular formula is C13H17NO2S. The lowest BCUT2D eigenvalue weighted by Crippen LogP contribution is -2.32. The second-order valence-electron chi connectivity index (χ2n) is 4.24. The van der Waals surface area contributed by atoms with E-state index in [-0.39, 0.29) is 23.1 Å². The van der Waals surface area contributed by atoms with Crippen molar-refractivity contribution >= 4 is 17.7 Å². The fourth-order valence-corrected chi connectivity index (χ4v) is 3.52. The second-order valence-corrected chi connectivity index (χ2v) is 5.67. The number of nitrogens with zero attached hydrogens (tertiary/aromatic N) is 1. The highest BCUT2D eigenvalue weighted by atomic mass is 32.2. The van der Waals surface area contributed by atoms with Gasteiger partial charge in [-0.05, 0) is 25.0 Å². The van der Waals surface area contributed by atoms with Crippen molar-refractivity contribution in [2.24, 2.45) is 0 Å². The van der Waals surface area contributed by atoms with E-state index in [2.05, 4.69) is 19.1 Å². The summed E-state index contributed by atoms with van der Waals surface area (Å²) in [6, 6.07) is 8.11. The summed E-state index contributed by atoms with van der Waals surface area (Å²) in [7, 11) is 0. The number of aliphatic hydroxyl groups is 1. The second kappa shape index (κ2) is 5.10. The Morgan fingerprint density at radius 2 is 2.12 bits per heavy atom. The minimum absolute atomic E-state index is 0.0153. The van der Waals surface area contributed by atoms with Gasteiger partial charge in [-0.15, -0.1) is 11.8 Å². The standard InChI is InChI=1S/C13H17NO2S/c1-9-5-3-4-6-11(9)13-14(7-8-15)12(16)10(2)17-13/h3-6,10,13,15H,7-8H2,1-2H3/t10-,13+/m0/s1. The van der Waals surface area contributed by atoms with Gasteiger partial charge in [0.25, 0.3) is 0 Å². The first kappa shape index (κ1) is 12.5. The first-order valence-corrected chi connectivity index (χ1v) is 6.71. The normalized spacial score (nSPS) is 24.4. The highest BCUT2D eigenvalue weighted by molar-refractivity contribution is 8.01. The molecule has 0 radical (unpaired) electrons. The van der Waals surface area contributed by atoms with Gasteiger partial charge in [-0.25, -0.2) is 0 Å². The van der Waals surface area contributed by atoms with Crippen LogP contribution in [0.25, 0.3) is 0 Å². The molecule has 0 aromatic heterocycles. The minimum atomic E-state index is -0.0221. The Morgan fingerprint density at radius 1 is 1.41 bits per heavy atom. The molecule has 1 fully saturated rings. The van der Waals surface area contributed by atoms with Crippen LogP contribution in [0.2, 0.25) is 0 Å². The molecule has 92 valence electrons.